The number of rotatable bonds is 6. The lowest BCUT2D eigenvalue weighted by Gasteiger charge is -2.15. The van der Waals surface area contributed by atoms with Crippen LogP contribution in [0.2, 0.25) is 0 Å². The molecule has 0 aliphatic rings. The second kappa shape index (κ2) is 6.66. The zero-order valence-corrected chi connectivity index (χ0v) is 10.8. The molecule has 0 saturated carbocycles. The average molecular weight is 288 g/mol. The second-order valence-corrected chi connectivity index (χ2v) is 4.40. The molecule has 0 heterocycles. The Labute approximate surface area is 104 Å². The summed E-state index contributed by atoms with van der Waals surface area (Å²) in [6.45, 7) is 6.96. The highest BCUT2D eigenvalue weighted by atomic mass is 79.9. The molecule has 0 aliphatic carbocycles. The highest BCUT2D eigenvalue weighted by Crippen LogP contribution is 2.21. The molecule has 0 fully saturated rings. The maximum atomic E-state index is 13.0. The Morgan fingerprint density at radius 3 is 2.94 bits per heavy atom. The summed E-state index contributed by atoms with van der Waals surface area (Å²) in [5, 5.41) is 3.14. The van der Waals surface area contributed by atoms with Crippen LogP contribution < -0.4 is 10.1 Å². The van der Waals surface area contributed by atoms with Crippen LogP contribution in [0.3, 0.4) is 0 Å². The minimum Gasteiger partial charge on any atom is -0.489 e. The van der Waals surface area contributed by atoms with E-state index in [1.807, 2.05) is 6.92 Å². The van der Waals surface area contributed by atoms with E-state index in [-0.39, 0.29) is 11.9 Å². The first kappa shape index (κ1) is 13.2. The summed E-state index contributed by atoms with van der Waals surface area (Å²) in [6, 6.07) is 4.51. The van der Waals surface area contributed by atoms with Gasteiger partial charge in [0, 0.05) is 23.6 Å². The first-order valence-corrected chi connectivity index (χ1v) is 5.85. The van der Waals surface area contributed by atoms with Crippen LogP contribution in [0.4, 0.5) is 4.39 Å². The van der Waals surface area contributed by atoms with Crippen molar-refractivity contribution in [2.45, 2.75) is 13.0 Å². The number of benzene rings is 1. The Morgan fingerprint density at radius 2 is 2.31 bits per heavy atom. The number of ether oxygens (including phenoxy) is 1. The van der Waals surface area contributed by atoms with Gasteiger partial charge in [-0.05, 0) is 19.1 Å². The molecule has 1 N–H and O–H groups in total. The summed E-state index contributed by atoms with van der Waals surface area (Å²) in [4.78, 5) is 0. The van der Waals surface area contributed by atoms with Crippen molar-refractivity contribution in [2.75, 3.05) is 13.1 Å². The average Bonchev–Trinajstić information content (AvgIpc) is 2.16. The maximum Gasteiger partial charge on any atom is 0.128 e. The Balaban J connectivity index is 2.48. The molecular weight excluding hydrogens is 273 g/mol. The fraction of sp³-hybridized carbons (Fsp3) is 0.333. The van der Waals surface area contributed by atoms with Crippen LogP contribution in [-0.4, -0.2) is 19.2 Å². The largest absolute Gasteiger partial charge is 0.489 e. The summed E-state index contributed by atoms with van der Waals surface area (Å²) in [5.41, 5.74) is 0. The maximum absolute atomic E-state index is 13.0. The number of nitrogens with one attached hydrogen (secondary N) is 1. The summed E-state index contributed by atoms with van der Waals surface area (Å²) in [7, 11) is 0. The quantitative estimate of drug-likeness (QED) is 0.641. The van der Waals surface area contributed by atoms with E-state index in [0.717, 1.165) is 6.54 Å². The number of halogens is 2. The molecule has 1 aromatic rings. The minimum atomic E-state index is -0.310. The normalized spacial score (nSPS) is 12.2. The molecule has 4 heteroatoms. The Morgan fingerprint density at radius 1 is 1.56 bits per heavy atom. The van der Waals surface area contributed by atoms with E-state index in [2.05, 4.69) is 27.8 Å². The van der Waals surface area contributed by atoms with Gasteiger partial charge in [-0.3, -0.25) is 0 Å². The van der Waals surface area contributed by atoms with E-state index in [1.165, 1.54) is 12.1 Å². The summed E-state index contributed by atoms with van der Waals surface area (Å²) in [5.74, 6) is 0.218. The minimum absolute atomic E-state index is 0.0198. The van der Waals surface area contributed by atoms with Gasteiger partial charge in [-0.15, -0.1) is 6.58 Å². The first-order chi connectivity index (χ1) is 7.61. The molecule has 0 amide bonds. The fourth-order valence-electron chi connectivity index (χ4n) is 1.26. The molecule has 0 radical (unpaired) electrons. The van der Waals surface area contributed by atoms with Gasteiger partial charge in [0.05, 0.1) is 0 Å². The molecule has 1 rings (SSSR count). The second-order valence-electron chi connectivity index (χ2n) is 3.48. The predicted octanol–water partition coefficient (Wildman–Crippen LogP) is 3.13. The van der Waals surface area contributed by atoms with E-state index in [1.54, 1.807) is 12.1 Å². The molecule has 2 nitrogen and oxygen atoms in total. The smallest absolute Gasteiger partial charge is 0.128 e. The van der Waals surface area contributed by atoms with Crippen molar-refractivity contribution in [3.05, 3.63) is 41.1 Å². The van der Waals surface area contributed by atoms with Gasteiger partial charge in [-0.2, -0.15) is 0 Å². The molecule has 1 aromatic carbocycles. The topological polar surface area (TPSA) is 21.3 Å². The van der Waals surface area contributed by atoms with Crippen LogP contribution in [0.5, 0.6) is 5.75 Å². The molecule has 0 saturated heterocycles. The molecule has 1 atom stereocenters. The lowest BCUT2D eigenvalue weighted by atomic mass is 10.3. The van der Waals surface area contributed by atoms with Gasteiger partial charge in [0.1, 0.15) is 17.7 Å². The third-order valence-corrected chi connectivity index (χ3v) is 2.35. The first-order valence-electron chi connectivity index (χ1n) is 5.06. The van der Waals surface area contributed by atoms with Crippen LogP contribution in [0.1, 0.15) is 6.92 Å². The highest BCUT2D eigenvalue weighted by Gasteiger charge is 2.05. The SMILES string of the molecule is C=CCNCC(C)Oc1cc(F)cc(Br)c1. The van der Waals surface area contributed by atoms with Crippen LogP contribution in [-0.2, 0) is 0 Å². The predicted molar refractivity (Wildman–Crippen MR) is 67.3 cm³/mol. The third-order valence-electron chi connectivity index (χ3n) is 1.89. The lowest BCUT2D eigenvalue weighted by Crippen LogP contribution is -2.28. The van der Waals surface area contributed by atoms with Crippen LogP contribution in [0.25, 0.3) is 0 Å². The Bertz CT molecular complexity index is 337. The van der Waals surface area contributed by atoms with Gasteiger partial charge < -0.3 is 10.1 Å². The van der Waals surface area contributed by atoms with Gasteiger partial charge in [0.15, 0.2) is 0 Å². The van der Waals surface area contributed by atoms with Gasteiger partial charge in [0.2, 0.25) is 0 Å². The van der Waals surface area contributed by atoms with E-state index in [0.29, 0.717) is 16.8 Å². The molecule has 0 spiro atoms. The third kappa shape index (κ3) is 4.77. The van der Waals surface area contributed by atoms with Crippen LogP contribution in [0, 0.1) is 5.82 Å². The summed E-state index contributed by atoms with van der Waals surface area (Å²) < 4.78 is 19.3. The molecule has 0 aliphatic heterocycles. The van der Waals surface area contributed by atoms with Crippen LogP contribution in [0.15, 0.2) is 35.3 Å². The zero-order valence-electron chi connectivity index (χ0n) is 9.17. The standard InChI is InChI=1S/C12H15BrFNO/c1-3-4-15-8-9(2)16-12-6-10(13)5-11(14)7-12/h3,5-7,9,15H,1,4,8H2,2H3. The monoisotopic (exact) mass is 287 g/mol. The van der Waals surface area contributed by atoms with Crippen molar-refractivity contribution in [1.29, 1.82) is 0 Å². The van der Waals surface area contributed by atoms with Gasteiger partial charge >= 0.3 is 0 Å². The van der Waals surface area contributed by atoms with E-state index < -0.39 is 0 Å². The summed E-state index contributed by atoms with van der Waals surface area (Å²) >= 11 is 3.22. The molecular formula is C12H15BrFNO. The van der Waals surface area contributed by atoms with Crippen LogP contribution >= 0.6 is 15.9 Å². The van der Waals surface area contributed by atoms with E-state index in [4.69, 9.17) is 4.74 Å². The van der Waals surface area contributed by atoms with E-state index in [9.17, 15) is 4.39 Å². The van der Waals surface area contributed by atoms with Crippen molar-refractivity contribution in [2.24, 2.45) is 0 Å². The van der Waals surface area contributed by atoms with Gasteiger partial charge in [-0.1, -0.05) is 22.0 Å². The number of hydrogen-bond donors (Lipinski definition) is 1. The van der Waals surface area contributed by atoms with Crippen molar-refractivity contribution in [1.82, 2.24) is 5.32 Å². The molecule has 1 unspecified atom stereocenters. The van der Waals surface area contributed by atoms with Gasteiger partial charge in [-0.25, -0.2) is 4.39 Å². The molecule has 0 bridgehead atoms. The molecule has 0 aromatic heterocycles. The van der Waals surface area contributed by atoms with Crippen molar-refractivity contribution >= 4 is 15.9 Å². The molecule has 88 valence electrons. The van der Waals surface area contributed by atoms with Crippen molar-refractivity contribution in [3.8, 4) is 5.75 Å². The Hall–Kier alpha value is -0.870. The van der Waals surface area contributed by atoms with Gasteiger partial charge in [0.25, 0.3) is 0 Å². The van der Waals surface area contributed by atoms with Crippen molar-refractivity contribution < 1.29 is 9.13 Å². The van der Waals surface area contributed by atoms with Crippen molar-refractivity contribution in [3.63, 3.8) is 0 Å². The highest BCUT2D eigenvalue weighted by molar-refractivity contribution is 9.10. The molecule has 16 heavy (non-hydrogen) atoms. The fourth-order valence-corrected chi connectivity index (χ4v) is 1.70. The number of hydrogen-bond acceptors (Lipinski definition) is 2. The summed E-state index contributed by atoms with van der Waals surface area (Å²) in [6.07, 6.45) is 1.76. The Kier molecular flexibility index (Phi) is 5.49. The van der Waals surface area contributed by atoms with E-state index >= 15 is 0 Å². The lowest BCUT2D eigenvalue weighted by molar-refractivity contribution is 0.218. The zero-order chi connectivity index (χ0) is 12.0.